The fourth-order valence-electron chi connectivity index (χ4n) is 3.37. The summed E-state index contributed by atoms with van der Waals surface area (Å²) in [4.78, 5) is 6.01. The van der Waals surface area contributed by atoms with E-state index in [1.165, 1.54) is 21.0 Å². The van der Waals surface area contributed by atoms with Crippen LogP contribution in [-0.4, -0.2) is 25.7 Å². The smallest absolute Gasteiger partial charge is 0.232 e. The van der Waals surface area contributed by atoms with Gasteiger partial charge in [-0.3, -0.25) is 4.31 Å². The Kier molecular flexibility index (Phi) is 3.97. The van der Waals surface area contributed by atoms with Gasteiger partial charge in [0, 0.05) is 17.0 Å². The van der Waals surface area contributed by atoms with Crippen LogP contribution in [0.5, 0.6) is 0 Å². The molecule has 0 bridgehead atoms. The van der Waals surface area contributed by atoms with Crippen LogP contribution in [0.25, 0.3) is 21.1 Å². The van der Waals surface area contributed by atoms with E-state index in [1.54, 1.807) is 22.7 Å². The first-order valence-corrected chi connectivity index (χ1v) is 11.6. The summed E-state index contributed by atoms with van der Waals surface area (Å²) in [5, 5.41) is 5.19. The van der Waals surface area contributed by atoms with Crippen LogP contribution in [0.3, 0.4) is 0 Å². The molecule has 3 aromatic rings. The van der Waals surface area contributed by atoms with Gasteiger partial charge in [-0.2, -0.15) is 0 Å². The van der Waals surface area contributed by atoms with Crippen molar-refractivity contribution in [3.63, 3.8) is 0 Å². The van der Waals surface area contributed by atoms with E-state index in [-0.39, 0.29) is 6.04 Å². The summed E-state index contributed by atoms with van der Waals surface area (Å²) in [6.07, 6.45) is 2.00. The average molecular weight is 391 g/mol. The summed E-state index contributed by atoms with van der Waals surface area (Å²) in [6.45, 7) is 4.05. The van der Waals surface area contributed by atoms with Crippen molar-refractivity contribution in [2.75, 3.05) is 10.6 Å². The minimum absolute atomic E-state index is 0.0417. The Bertz CT molecular complexity index is 1050. The Morgan fingerprint density at radius 2 is 2.04 bits per heavy atom. The van der Waals surface area contributed by atoms with E-state index in [9.17, 15) is 8.42 Å². The lowest BCUT2D eigenvalue weighted by Crippen LogP contribution is -2.34. The molecule has 130 valence electrons. The number of fused-ring (bicyclic) bond motifs is 1. The highest BCUT2D eigenvalue weighted by atomic mass is 32.2. The maximum absolute atomic E-state index is 12.0. The van der Waals surface area contributed by atoms with Crippen molar-refractivity contribution in [2.45, 2.75) is 26.3 Å². The third-order valence-corrected chi connectivity index (χ3v) is 7.73. The van der Waals surface area contributed by atoms with Gasteiger partial charge in [0.1, 0.15) is 5.01 Å². The molecule has 7 heteroatoms. The van der Waals surface area contributed by atoms with Gasteiger partial charge >= 0.3 is 0 Å². The van der Waals surface area contributed by atoms with Crippen LogP contribution >= 0.6 is 22.7 Å². The largest absolute Gasteiger partial charge is 0.267 e. The fraction of sp³-hybridized carbons (Fsp3) is 0.278. The normalized spacial score (nSPS) is 17.1. The molecule has 0 saturated heterocycles. The van der Waals surface area contributed by atoms with Crippen molar-refractivity contribution in [2.24, 2.45) is 0 Å². The quantitative estimate of drug-likeness (QED) is 0.659. The number of thiophene rings is 1. The predicted octanol–water partition coefficient (Wildman–Crippen LogP) is 4.56. The van der Waals surface area contributed by atoms with Crippen molar-refractivity contribution < 1.29 is 8.42 Å². The van der Waals surface area contributed by atoms with E-state index in [2.05, 4.69) is 29.8 Å². The molecule has 25 heavy (non-hydrogen) atoms. The van der Waals surface area contributed by atoms with Crippen LogP contribution in [0.4, 0.5) is 5.69 Å². The zero-order valence-corrected chi connectivity index (χ0v) is 16.6. The molecule has 0 amide bonds. The molecule has 1 aromatic carbocycles. The minimum Gasteiger partial charge on any atom is -0.267 e. The standard InChI is InChI=1S/C18H18N2O2S3/c1-11-6-7-23-17(11)18-19-15(10-24-18)13-4-5-16-14(9-13)8-12(2)20(16)25(3,21)22/h4-7,9-10,12H,8H2,1-3H3. The van der Waals surface area contributed by atoms with E-state index in [4.69, 9.17) is 4.98 Å². The molecule has 1 unspecified atom stereocenters. The molecule has 3 heterocycles. The summed E-state index contributed by atoms with van der Waals surface area (Å²) in [5.41, 5.74) is 5.09. The van der Waals surface area contributed by atoms with Crippen molar-refractivity contribution in [3.05, 3.63) is 46.2 Å². The van der Waals surface area contributed by atoms with Crippen molar-refractivity contribution >= 4 is 38.4 Å². The van der Waals surface area contributed by atoms with Crippen LogP contribution in [0.15, 0.2) is 35.0 Å². The third-order valence-electron chi connectivity index (χ3n) is 4.45. The summed E-state index contributed by atoms with van der Waals surface area (Å²) in [6, 6.07) is 8.02. The highest BCUT2D eigenvalue weighted by Gasteiger charge is 2.32. The van der Waals surface area contributed by atoms with E-state index in [0.717, 1.165) is 33.9 Å². The van der Waals surface area contributed by atoms with Gasteiger partial charge in [-0.25, -0.2) is 13.4 Å². The molecular weight excluding hydrogens is 372 g/mol. The first-order valence-electron chi connectivity index (χ1n) is 7.97. The van der Waals surface area contributed by atoms with Crippen LogP contribution in [0.1, 0.15) is 18.1 Å². The second kappa shape index (κ2) is 5.93. The molecule has 1 aliphatic heterocycles. The Labute approximate surface area is 155 Å². The van der Waals surface area contributed by atoms with Gasteiger partial charge in [0.05, 0.1) is 22.5 Å². The van der Waals surface area contributed by atoms with Gasteiger partial charge in [0.25, 0.3) is 0 Å². The number of rotatable bonds is 3. The Morgan fingerprint density at radius 1 is 1.24 bits per heavy atom. The summed E-state index contributed by atoms with van der Waals surface area (Å²) in [5.74, 6) is 0. The van der Waals surface area contributed by atoms with Crippen LogP contribution in [-0.2, 0) is 16.4 Å². The Hall–Kier alpha value is -1.70. The maximum atomic E-state index is 12.0. The molecule has 4 nitrogen and oxygen atoms in total. The molecule has 0 fully saturated rings. The highest BCUT2D eigenvalue weighted by Crippen LogP contribution is 2.38. The lowest BCUT2D eigenvalue weighted by Gasteiger charge is -2.21. The number of benzene rings is 1. The second-order valence-corrected chi connectivity index (χ2v) is 10.1. The number of nitrogens with zero attached hydrogens (tertiary/aromatic N) is 2. The molecule has 0 saturated carbocycles. The van der Waals surface area contributed by atoms with E-state index in [0.29, 0.717) is 0 Å². The highest BCUT2D eigenvalue weighted by molar-refractivity contribution is 7.92. The number of sulfonamides is 1. The van der Waals surface area contributed by atoms with Gasteiger partial charge in [0.15, 0.2) is 0 Å². The van der Waals surface area contributed by atoms with Gasteiger partial charge < -0.3 is 0 Å². The van der Waals surface area contributed by atoms with E-state index >= 15 is 0 Å². The van der Waals surface area contributed by atoms with Gasteiger partial charge in [-0.1, -0.05) is 6.07 Å². The number of aromatic nitrogens is 1. The molecule has 2 aromatic heterocycles. The maximum Gasteiger partial charge on any atom is 0.232 e. The van der Waals surface area contributed by atoms with Crippen LogP contribution in [0, 0.1) is 6.92 Å². The zero-order chi connectivity index (χ0) is 17.8. The molecule has 4 rings (SSSR count). The molecule has 1 aliphatic rings. The number of anilines is 1. The third kappa shape index (κ3) is 2.90. The first-order chi connectivity index (χ1) is 11.8. The minimum atomic E-state index is -3.25. The topological polar surface area (TPSA) is 50.3 Å². The monoisotopic (exact) mass is 390 g/mol. The van der Waals surface area contributed by atoms with Crippen LogP contribution in [0.2, 0.25) is 0 Å². The first kappa shape index (κ1) is 16.8. The molecular formula is C18H18N2O2S3. The van der Waals surface area contributed by atoms with Gasteiger partial charge in [-0.05, 0) is 55.0 Å². The van der Waals surface area contributed by atoms with E-state index < -0.39 is 10.0 Å². The molecule has 1 atom stereocenters. The summed E-state index contributed by atoms with van der Waals surface area (Å²) in [7, 11) is -3.25. The predicted molar refractivity (Wildman–Crippen MR) is 106 cm³/mol. The van der Waals surface area contributed by atoms with Crippen LogP contribution < -0.4 is 4.31 Å². The Morgan fingerprint density at radius 3 is 2.72 bits per heavy atom. The molecule has 0 radical (unpaired) electrons. The summed E-state index contributed by atoms with van der Waals surface area (Å²) < 4.78 is 25.6. The van der Waals surface area contributed by atoms with Crippen molar-refractivity contribution in [1.29, 1.82) is 0 Å². The lowest BCUT2D eigenvalue weighted by molar-refractivity contribution is 0.590. The molecule has 0 spiro atoms. The molecule has 0 aliphatic carbocycles. The van der Waals surface area contributed by atoms with Gasteiger partial charge in [0.2, 0.25) is 10.0 Å². The number of hydrogen-bond donors (Lipinski definition) is 0. The zero-order valence-electron chi connectivity index (χ0n) is 14.2. The second-order valence-electron chi connectivity index (χ2n) is 6.43. The SMILES string of the molecule is Cc1ccsc1-c1nc(-c2ccc3c(c2)CC(C)N3S(C)(=O)=O)cs1. The van der Waals surface area contributed by atoms with E-state index in [1.807, 2.05) is 19.1 Å². The number of thiazole rings is 1. The van der Waals surface area contributed by atoms with Crippen molar-refractivity contribution in [3.8, 4) is 21.1 Å². The van der Waals surface area contributed by atoms with Crippen molar-refractivity contribution in [1.82, 2.24) is 4.98 Å². The number of aryl methyl sites for hydroxylation is 1. The summed E-state index contributed by atoms with van der Waals surface area (Å²) >= 11 is 3.36. The van der Waals surface area contributed by atoms with Gasteiger partial charge in [-0.15, -0.1) is 22.7 Å². The lowest BCUT2D eigenvalue weighted by atomic mass is 10.1. The average Bonchev–Trinajstić information content (AvgIpc) is 3.22. The molecule has 0 N–H and O–H groups in total. The fourth-order valence-corrected chi connectivity index (χ4v) is 6.56. The Balaban J connectivity index is 1.72. The number of hydrogen-bond acceptors (Lipinski definition) is 5.